The van der Waals surface area contributed by atoms with Crippen LogP contribution in [0.5, 0.6) is 5.88 Å². The molecule has 0 fully saturated rings. The van der Waals surface area contributed by atoms with Crippen molar-refractivity contribution in [3.05, 3.63) is 17.6 Å². The highest BCUT2D eigenvalue weighted by Crippen LogP contribution is 2.27. The number of halogens is 3. The Kier molecular flexibility index (Phi) is 3.38. The lowest BCUT2D eigenvalue weighted by molar-refractivity contribution is 0.139. The number of pyridine rings is 1. The Bertz CT molecular complexity index is 504. The Hall–Kier alpha value is -1.35. The first-order valence-corrected chi connectivity index (χ1v) is 5.37. The zero-order valence-corrected chi connectivity index (χ0v) is 8.76. The van der Waals surface area contributed by atoms with Crippen LogP contribution in [0.3, 0.4) is 0 Å². The molecule has 0 amide bonds. The molecule has 90 valence electrons. The normalized spacial score (nSPS) is 11.9. The number of nitrogens with zero attached hydrogens (tertiary/aromatic N) is 1. The number of methoxy groups -OCH3 is 1. The molecular weight excluding hydrogens is 249 g/mol. The molecule has 0 aliphatic rings. The molecule has 2 N–H and O–H groups in total. The molecule has 0 saturated carbocycles. The fraction of sp³-hybridized carbons (Fsp3) is 0.286. The van der Waals surface area contributed by atoms with Gasteiger partial charge in [0, 0.05) is 6.07 Å². The summed E-state index contributed by atoms with van der Waals surface area (Å²) >= 11 is 0. The van der Waals surface area contributed by atoms with E-state index in [0.717, 1.165) is 7.11 Å². The summed E-state index contributed by atoms with van der Waals surface area (Å²) in [6, 6.07) is 0.350. The molecule has 5 nitrogen and oxygen atoms in total. The largest absolute Gasteiger partial charge is 0.480 e. The molecule has 1 aromatic heterocycles. The zero-order chi connectivity index (χ0) is 12.5. The van der Waals surface area contributed by atoms with Gasteiger partial charge in [-0.2, -0.15) is 0 Å². The van der Waals surface area contributed by atoms with E-state index in [-0.39, 0.29) is 0 Å². The van der Waals surface area contributed by atoms with Crippen molar-refractivity contribution in [2.75, 3.05) is 7.11 Å². The van der Waals surface area contributed by atoms with Crippen LogP contribution < -0.4 is 9.88 Å². The first-order chi connectivity index (χ1) is 7.27. The third-order valence-electron chi connectivity index (χ3n) is 1.64. The van der Waals surface area contributed by atoms with E-state index in [0.29, 0.717) is 6.07 Å². The third kappa shape index (κ3) is 2.42. The monoisotopic (exact) mass is 256 g/mol. The second kappa shape index (κ2) is 4.26. The minimum atomic E-state index is -4.28. The highest BCUT2D eigenvalue weighted by Gasteiger charge is 2.24. The van der Waals surface area contributed by atoms with Crippen LogP contribution in [0.2, 0.25) is 0 Å². The molecule has 0 aliphatic heterocycles. The molecule has 1 aromatic rings. The van der Waals surface area contributed by atoms with Crippen LogP contribution >= 0.6 is 0 Å². The summed E-state index contributed by atoms with van der Waals surface area (Å²) in [5, 5.41) is 4.73. The average molecular weight is 256 g/mol. The number of primary sulfonamides is 1. The van der Waals surface area contributed by atoms with E-state index in [2.05, 4.69) is 9.72 Å². The van der Waals surface area contributed by atoms with Gasteiger partial charge in [0.1, 0.15) is 10.6 Å². The summed E-state index contributed by atoms with van der Waals surface area (Å²) in [5.41, 5.74) is -1.19. The van der Waals surface area contributed by atoms with Crippen molar-refractivity contribution in [1.29, 1.82) is 0 Å². The SMILES string of the molecule is COc1nc(C(F)F)c(F)cc1S(N)(=O)=O. The summed E-state index contributed by atoms with van der Waals surface area (Å²) in [5.74, 6) is -2.13. The van der Waals surface area contributed by atoms with E-state index in [1.165, 1.54) is 0 Å². The maximum absolute atomic E-state index is 13.0. The van der Waals surface area contributed by atoms with Crippen LogP contribution in [0.4, 0.5) is 13.2 Å². The Morgan fingerprint density at radius 3 is 2.44 bits per heavy atom. The van der Waals surface area contributed by atoms with Gasteiger partial charge in [-0.05, 0) is 0 Å². The van der Waals surface area contributed by atoms with Crippen molar-refractivity contribution in [2.24, 2.45) is 5.14 Å². The number of ether oxygens (including phenoxy) is 1. The topological polar surface area (TPSA) is 82.3 Å². The number of hydrogen-bond acceptors (Lipinski definition) is 4. The number of rotatable bonds is 3. The lowest BCUT2D eigenvalue weighted by Crippen LogP contribution is -2.15. The number of aromatic nitrogens is 1. The van der Waals surface area contributed by atoms with Gasteiger partial charge in [-0.25, -0.2) is 31.7 Å². The van der Waals surface area contributed by atoms with E-state index in [1.807, 2.05) is 0 Å². The van der Waals surface area contributed by atoms with Gasteiger partial charge >= 0.3 is 0 Å². The minimum absolute atomic E-state index is 0.350. The number of nitrogens with two attached hydrogens (primary N) is 1. The minimum Gasteiger partial charge on any atom is -0.480 e. The molecule has 0 saturated heterocycles. The van der Waals surface area contributed by atoms with Crippen LogP contribution in [0.15, 0.2) is 11.0 Å². The lowest BCUT2D eigenvalue weighted by atomic mass is 10.3. The Morgan fingerprint density at radius 2 is 2.06 bits per heavy atom. The smallest absolute Gasteiger partial charge is 0.283 e. The molecule has 9 heteroatoms. The second-order valence-corrected chi connectivity index (χ2v) is 4.24. The Morgan fingerprint density at radius 1 is 1.50 bits per heavy atom. The van der Waals surface area contributed by atoms with Crippen molar-refractivity contribution in [2.45, 2.75) is 11.3 Å². The standard InChI is InChI=1S/C7H7F3N2O3S/c1-15-7-4(16(11,13)14)2-3(8)5(12-7)6(9)10/h2,6H,1H3,(H2,11,13,14). The van der Waals surface area contributed by atoms with Gasteiger partial charge < -0.3 is 4.74 Å². The van der Waals surface area contributed by atoms with Crippen LogP contribution in [0, 0.1) is 5.82 Å². The van der Waals surface area contributed by atoms with E-state index in [1.54, 1.807) is 0 Å². The van der Waals surface area contributed by atoms with E-state index >= 15 is 0 Å². The van der Waals surface area contributed by atoms with E-state index < -0.39 is 38.7 Å². The molecule has 0 radical (unpaired) electrons. The summed E-state index contributed by atoms with van der Waals surface area (Å²) in [4.78, 5) is 2.27. The van der Waals surface area contributed by atoms with Crippen LogP contribution in [-0.2, 0) is 10.0 Å². The molecule has 0 aliphatic carbocycles. The first kappa shape index (κ1) is 12.7. The van der Waals surface area contributed by atoms with Gasteiger partial charge in [0.25, 0.3) is 6.43 Å². The highest BCUT2D eigenvalue weighted by atomic mass is 32.2. The van der Waals surface area contributed by atoms with Crippen molar-refractivity contribution >= 4 is 10.0 Å². The number of alkyl halides is 2. The Balaban J connectivity index is 3.51. The van der Waals surface area contributed by atoms with Crippen molar-refractivity contribution in [3.63, 3.8) is 0 Å². The number of hydrogen-bond donors (Lipinski definition) is 1. The summed E-state index contributed by atoms with van der Waals surface area (Å²) in [6.07, 6.45) is -3.18. The fourth-order valence-electron chi connectivity index (χ4n) is 0.972. The van der Waals surface area contributed by atoms with E-state index in [4.69, 9.17) is 5.14 Å². The molecule has 1 heterocycles. The Labute approximate surface area is 89.1 Å². The fourth-order valence-corrected chi connectivity index (χ4v) is 1.61. The first-order valence-electron chi connectivity index (χ1n) is 3.82. The van der Waals surface area contributed by atoms with Crippen molar-refractivity contribution in [3.8, 4) is 5.88 Å². The molecule has 16 heavy (non-hydrogen) atoms. The second-order valence-electron chi connectivity index (χ2n) is 2.71. The number of sulfonamides is 1. The van der Waals surface area contributed by atoms with Crippen LogP contribution in [-0.4, -0.2) is 20.5 Å². The lowest BCUT2D eigenvalue weighted by Gasteiger charge is -2.08. The van der Waals surface area contributed by atoms with Crippen LogP contribution in [0.25, 0.3) is 0 Å². The molecule has 0 aromatic carbocycles. The maximum atomic E-state index is 13.0. The van der Waals surface area contributed by atoms with Gasteiger partial charge in [-0.3, -0.25) is 0 Å². The quantitative estimate of drug-likeness (QED) is 0.867. The third-order valence-corrected chi connectivity index (χ3v) is 2.55. The highest BCUT2D eigenvalue weighted by molar-refractivity contribution is 7.89. The zero-order valence-electron chi connectivity index (χ0n) is 7.95. The van der Waals surface area contributed by atoms with E-state index in [9.17, 15) is 21.6 Å². The van der Waals surface area contributed by atoms with Gasteiger partial charge in [-0.15, -0.1) is 0 Å². The molecule has 0 atom stereocenters. The van der Waals surface area contributed by atoms with Crippen molar-refractivity contribution in [1.82, 2.24) is 4.98 Å². The molecule has 0 unspecified atom stereocenters. The van der Waals surface area contributed by atoms with Gasteiger partial charge in [0.15, 0.2) is 5.82 Å². The molecule has 0 bridgehead atoms. The molecular formula is C7H7F3N2O3S. The van der Waals surface area contributed by atoms with Gasteiger partial charge in [-0.1, -0.05) is 0 Å². The molecule has 1 rings (SSSR count). The average Bonchev–Trinajstić information content (AvgIpc) is 2.15. The van der Waals surface area contributed by atoms with Crippen LogP contribution in [0.1, 0.15) is 12.1 Å². The van der Waals surface area contributed by atoms with Gasteiger partial charge in [0.2, 0.25) is 15.9 Å². The van der Waals surface area contributed by atoms with Gasteiger partial charge in [0.05, 0.1) is 7.11 Å². The predicted molar refractivity (Wildman–Crippen MR) is 47.1 cm³/mol. The van der Waals surface area contributed by atoms with Crippen molar-refractivity contribution < 1.29 is 26.3 Å². The molecule has 0 spiro atoms. The predicted octanol–water partition coefficient (Wildman–Crippen LogP) is 0.814. The maximum Gasteiger partial charge on any atom is 0.283 e. The summed E-state index contributed by atoms with van der Waals surface area (Å²) in [6.45, 7) is 0. The summed E-state index contributed by atoms with van der Waals surface area (Å²) in [7, 11) is -3.28. The summed E-state index contributed by atoms with van der Waals surface area (Å²) < 4.78 is 63.8.